The monoisotopic (exact) mass is 245 g/mol. The van der Waals surface area contributed by atoms with Gasteiger partial charge in [-0.2, -0.15) is 11.8 Å². The predicted octanol–water partition coefficient (Wildman–Crippen LogP) is 1.80. The molecule has 16 heavy (non-hydrogen) atoms. The molecule has 1 aliphatic carbocycles. The number of rotatable bonds is 5. The van der Waals surface area contributed by atoms with E-state index in [0.717, 1.165) is 12.8 Å². The standard InChI is InChI=1S/C12H23NO2S/c1-12(15,9-16-2)8-13-11(14)10-6-4-3-5-7-10/h10,15H,3-9H2,1-2H3,(H,13,14). The predicted molar refractivity (Wildman–Crippen MR) is 68.6 cm³/mol. The molecule has 2 N–H and O–H groups in total. The molecule has 0 heterocycles. The van der Waals surface area contributed by atoms with Crippen molar-refractivity contribution in [2.45, 2.75) is 44.6 Å². The van der Waals surface area contributed by atoms with Crippen molar-refractivity contribution in [2.75, 3.05) is 18.6 Å². The molecule has 3 nitrogen and oxygen atoms in total. The summed E-state index contributed by atoms with van der Waals surface area (Å²) in [4.78, 5) is 11.8. The van der Waals surface area contributed by atoms with E-state index in [-0.39, 0.29) is 11.8 Å². The molecule has 1 aliphatic rings. The summed E-state index contributed by atoms with van der Waals surface area (Å²) in [6.45, 7) is 2.13. The summed E-state index contributed by atoms with van der Waals surface area (Å²) in [5.41, 5.74) is -0.788. The van der Waals surface area contributed by atoms with Gasteiger partial charge in [-0.25, -0.2) is 0 Å². The molecule has 1 unspecified atom stereocenters. The minimum absolute atomic E-state index is 0.126. The summed E-state index contributed by atoms with van der Waals surface area (Å²) in [6, 6.07) is 0. The van der Waals surface area contributed by atoms with E-state index in [9.17, 15) is 9.90 Å². The lowest BCUT2D eigenvalue weighted by molar-refractivity contribution is -0.126. The lowest BCUT2D eigenvalue weighted by atomic mass is 9.88. The number of thioether (sulfide) groups is 1. The van der Waals surface area contributed by atoms with Crippen LogP contribution in [0, 0.1) is 5.92 Å². The van der Waals surface area contributed by atoms with Crippen molar-refractivity contribution in [2.24, 2.45) is 5.92 Å². The van der Waals surface area contributed by atoms with Crippen molar-refractivity contribution in [1.82, 2.24) is 5.32 Å². The fourth-order valence-electron chi connectivity index (χ4n) is 2.15. The Labute approximate surface area is 102 Å². The number of carbonyl (C=O) groups is 1. The van der Waals surface area contributed by atoms with Crippen molar-refractivity contribution in [3.63, 3.8) is 0 Å². The molecular weight excluding hydrogens is 222 g/mol. The molecule has 1 saturated carbocycles. The Kier molecular flexibility index (Phi) is 5.62. The van der Waals surface area contributed by atoms with Crippen LogP contribution in [0.25, 0.3) is 0 Å². The second-order valence-corrected chi connectivity index (χ2v) is 5.85. The molecule has 0 aromatic rings. The van der Waals surface area contributed by atoms with E-state index in [4.69, 9.17) is 0 Å². The largest absolute Gasteiger partial charge is 0.387 e. The van der Waals surface area contributed by atoms with Gasteiger partial charge < -0.3 is 10.4 Å². The molecule has 0 saturated heterocycles. The fourth-order valence-corrected chi connectivity index (χ4v) is 2.87. The van der Waals surface area contributed by atoms with Crippen LogP contribution in [0.2, 0.25) is 0 Å². The van der Waals surface area contributed by atoms with Gasteiger partial charge in [0.05, 0.1) is 5.60 Å². The van der Waals surface area contributed by atoms with Crippen LogP contribution in [0.5, 0.6) is 0 Å². The van der Waals surface area contributed by atoms with Gasteiger partial charge in [0.25, 0.3) is 0 Å². The Balaban J connectivity index is 2.28. The van der Waals surface area contributed by atoms with Gasteiger partial charge in [0.2, 0.25) is 5.91 Å². The highest BCUT2D eigenvalue weighted by molar-refractivity contribution is 7.98. The van der Waals surface area contributed by atoms with Gasteiger partial charge in [-0.15, -0.1) is 0 Å². The van der Waals surface area contributed by atoms with E-state index in [1.165, 1.54) is 19.3 Å². The number of carbonyl (C=O) groups excluding carboxylic acids is 1. The van der Waals surface area contributed by atoms with E-state index >= 15 is 0 Å². The van der Waals surface area contributed by atoms with E-state index in [0.29, 0.717) is 12.3 Å². The maximum Gasteiger partial charge on any atom is 0.223 e. The first-order chi connectivity index (χ1) is 7.55. The summed E-state index contributed by atoms with van der Waals surface area (Å²) in [7, 11) is 0. The SMILES string of the molecule is CSCC(C)(O)CNC(=O)C1CCCCC1. The molecule has 4 heteroatoms. The van der Waals surface area contributed by atoms with Gasteiger partial charge in [-0.1, -0.05) is 19.3 Å². The maximum atomic E-state index is 11.8. The van der Waals surface area contributed by atoms with Gasteiger partial charge in [0.1, 0.15) is 0 Å². The number of hydrogen-bond donors (Lipinski definition) is 2. The van der Waals surface area contributed by atoms with Gasteiger partial charge in [-0.3, -0.25) is 4.79 Å². The molecule has 0 radical (unpaired) electrons. The van der Waals surface area contributed by atoms with Crippen LogP contribution in [0.15, 0.2) is 0 Å². The van der Waals surface area contributed by atoms with Crippen LogP contribution >= 0.6 is 11.8 Å². The highest BCUT2D eigenvalue weighted by Gasteiger charge is 2.24. The third-order valence-electron chi connectivity index (χ3n) is 3.07. The van der Waals surface area contributed by atoms with E-state index < -0.39 is 5.60 Å². The molecule has 0 aromatic carbocycles. The molecule has 1 atom stereocenters. The van der Waals surface area contributed by atoms with Gasteiger partial charge in [-0.05, 0) is 26.0 Å². The zero-order chi connectivity index (χ0) is 12.0. The van der Waals surface area contributed by atoms with Crippen molar-refractivity contribution < 1.29 is 9.90 Å². The first-order valence-electron chi connectivity index (χ1n) is 6.04. The average Bonchev–Trinajstić information content (AvgIpc) is 2.27. The summed E-state index contributed by atoms with van der Waals surface area (Å²) in [5.74, 6) is 0.956. The molecular formula is C12H23NO2S. The number of nitrogens with one attached hydrogen (secondary N) is 1. The minimum Gasteiger partial charge on any atom is -0.387 e. The summed E-state index contributed by atoms with van der Waals surface area (Å²) in [5, 5.41) is 12.8. The van der Waals surface area contributed by atoms with Gasteiger partial charge >= 0.3 is 0 Å². The topological polar surface area (TPSA) is 49.3 Å². The highest BCUT2D eigenvalue weighted by atomic mass is 32.2. The smallest absolute Gasteiger partial charge is 0.223 e. The molecule has 94 valence electrons. The average molecular weight is 245 g/mol. The summed E-state index contributed by atoms with van der Waals surface area (Å²) >= 11 is 1.59. The van der Waals surface area contributed by atoms with Crippen LogP contribution < -0.4 is 5.32 Å². The molecule has 0 aliphatic heterocycles. The van der Waals surface area contributed by atoms with Crippen LogP contribution in [-0.2, 0) is 4.79 Å². The third kappa shape index (κ3) is 4.74. The van der Waals surface area contributed by atoms with Gasteiger partial charge in [0.15, 0.2) is 0 Å². The van der Waals surface area contributed by atoms with E-state index in [2.05, 4.69) is 5.32 Å². The quantitative estimate of drug-likeness (QED) is 0.776. The first kappa shape index (κ1) is 13.8. The van der Waals surface area contributed by atoms with Gasteiger partial charge in [0, 0.05) is 18.2 Å². The van der Waals surface area contributed by atoms with Crippen molar-refractivity contribution in [3.8, 4) is 0 Å². The molecule has 1 amide bonds. The lowest BCUT2D eigenvalue weighted by Gasteiger charge is -2.25. The lowest BCUT2D eigenvalue weighted by Crippen LogP contribution is -2.44. The Morgan fingerprint density at radius 2 is 2.06 bits per heavy atom. The third-order valence-corrected chi connectivity index (χ3v) is 3.99. The second-order valence-electron chi connectivity index (χ2n) is 4.98. The number of amides is 1. The van der Waals surface area contributed by atoms with Crippen LogP contribution in [-0.4, -0.2) is 35.2 Å². The van der Waals surface area contributed by atoms with Crippen LogP contribution in [0.1, 0.15) is 39.0 Å². The van der Waals surface area contributed by atoms with Crippen LogP contribution in [0.4, 0.5) is 0 Å². The highest BCUT2D eigenvalue weighted by Crippen LogP contribution is 2.23. The normalized spacial score (nSPS) is 21.4. The Morgan fingerprint density at radius 1 is 1.44 bits per heavy atom. The van der Waals surface area contributed by atoms with Crippen molar-refractivity contribution >= 4 is 17.7 Å². The van der Waals surface area contributed by atoms with E-state index in [1.54, 1.807) is 18.7 Å². The van der Waals surface area contributed by atoms with Crippen molar-refractivity contribution in [3.05, 3.63) is 0 Å². The fraction of sp³-hybridized carbons (Fsp3) is 0.917. The number of hydrogen-bond acceptors (Lipinski definition) is 3. The van der Waals surface area contributed by atoms with Crippen LogP contribution in [0.3, 0.4) is 0 Å². The van der Waals surface area contributed by atoms with E-state index in [1.807, 2.05) is 6.26 Å². The molecule has 0 spiro atoms. The molecule has 1 fully saturated rings. The first-order valence-corrected chi connectivity index (χ1v) is 7.43. The summed E-state index contributed by atoms with van der Waals surface area (Å²) < 4.78 is 0. The summed E-state index contributed by atoms with van der Waals surface area (Å²) in [6.07, 6.45) is 7.57. The Hall–Kier alpha value is -0.220. The maximum absolute atomic E-state index is 11.8. The Morgan fingerprint density at radius 3 is 2.62 bits per heavy atom. The molecule has 0 bridgehead atoms. The second kappa shape index (κ2) is 6.50. The van der Waals surface area contributed by atoms with Crippen molar-refractivity contribution in [1.29, 1.82) is 0 Å². The minimum atomic E-state index is -0.788. The number of aliphatic hydroxyl groups is 1. The molecule has 1 rings (SSSR count). The zero-order valence-corrected chi connectivity index (χ0v) is 11.1. The molecule has 0 aromatic heterocycles. The zero-order valence-electron chi connectivity index (χ0n) is 10.3. The Bertz CT molecular complexity index is 225.